The van der Waals surface area contributed by atoms with Crippen molar-refractivity contribution in [1.82, 2.24) is 0 Å². The lowest BCUT2D eigenvalue weighted by Crippen LogP contribution is -2.29. The van der Waals surface area contributed by atoms with Crippen LogP contribution in [0.1, 0.15) is 10.4 Å². The molecule has 0 heterocycles. The topological polar surface area (TPSA) is 78.8 Å². The van der Waals surface area contributed by atoms with Gasteiger partial charge in [-0.3, -0.25) is 4.79 Å². The largest absolute Gasteiger partial charge is 0.497 e. The third-order valence-corrected chi connectivity index (χ3v) is 2.82. The highest BCUT2D eigenvalue weighted by molar-refractivity contribution is 6.58. The van der Waals surface area contributed by atoms with E-state index in [2.05, 4.69) is 5.32 Å². The van der Waals surface area contributed by atoms with Crippen LogP contribution < -0.4 is 15.5 Å². The Bertz CT molecular complexity index is 581. The third-order valence-electron chi connectivity index (χ3n) is 2.82. The van der Waals surface area contributed by atoms with Gasteiger partial charge in [0.2, 0.25) is 0 Å². The number of methoxy groups -OCH3 is 1. The Hall–Kier alpha value is -2.31. The average Bonchev–Trinajstić information content (AvgIpc) is 2.48. The van der Waals surface area contributed by atoms with Gasteiger partial charge in [0.05, 0.1) is 7.11 Å². The molecule has 0 aliphatic heterocycles. The van der Waals surface area contributed by atoms with Gasteiger partial charge in [0, 0.05) is 11.3 Å². The summed E-state index contributed by atoms with van der Waals surface area (Å²) in [5.41, 5.74) is 1.46. The predicted octanol–water partition coefficient (Wildman–Crippen LogP) is 0.627. The van der Waals surface area contributed by atoms with Crippen LogP contribution in [-0.2, 0) is 0 Å². The second-order valence-electron chi connectivity index (χ2n) is 4.18. The first-order valence-corrected chi connectivity index (χ1v) is 6.01. The van der Waals surface area contributed by atoms with Crippen molar-refractivity contribution in [3.63, 3.8) is 0 Å². The second-order valence-corrected chi connectivity index (χ2v) is 4.18. The molecule has 0 aliphatic carbocycles. The maximum absolute atomic E-state index is 12.0. The lowest BCUT2D eigenvalue weighted by molar-refractivity contribution is 0.102. The minimum Gasteiger partial charge on any atom is -0.497 e. The summed E-state index contributed by atoms with van der Waals surface area (Å²) in [5.74, 6) is 0.438. The Morgan fingerprint density at radius 3 is 2.15 bits per heavy atom. The second kappa shape index (κ2) is 6.23. The molecule has 1 amide bonds. The molecule has 2 rings (SSSR count). The number of hydrogen-bond acceptors (Lipinski definition) is 4. The molecule has 0 unspecified atom stereocenters. The lowest BCUT2D eigenvalue weighted by Gasteiger charge is -2.07. The van der Waals surface area contributed by atoms with Crippen molar-refractivity contribution in [2.45, 2.75) is 0 Å². The van der Waals surface area contributed by atoms with Crippen LogP contribution >= 0.6 is 0 Å². The van der Waals surface area contributed by atoms with E-state index in [1.54, 1.807) is 43.5 Å². The molecule has 3 N–H and O–H groups in total. The van der Waals surface area contributed by atoms with Gasteiger partial charge in [-0.2, -0.15) is 0 Å². The van der Waals surface area contributed by atoms with Gasteiger partial charge < -0.3 is 20.1 Å². The van der Waals surface area contributed by atoms with E-state index in [1.165, 1.54) is 12.1 Å². The SMILES string of the molecule is COc1ccc(C(=O)Nc2ccc(B(O)O)cc2)cc1. The molecule has 5 nitrogen and oxygen atoms in total. The first-order chi connectivity index (χ1) is 9.60. The maximum Gasteiger partial charge on any atom is 0.488 e. The molecular weight excluding hydrogens is 257 g/mol. The highest BCUT2D eigenvalue weighted by Gasteiger charge is 2.11. The minimum atomic E-state index is -1.51. The summed E-state index contributed by atoms with van der Waals surface area (Å²) in [6.07, 6.45) is 0. The third kappa shape index (κ3) is 3.37. The lowest BCUT2D eigenvalue weighted by atomic mass is 9.80. The van der Waals surface area contributed by atoms with Crippen LogP contribution in [-0.4, -0.2) is 30.2 Å². The summed E-state index contributed by atoms with van der Waals surface area (Å²) in [6.45, 7) is 0. The van der Waals surface area contributed by atoms with Crippen LogP contribution in [0, 0.1) is 0 Å². The van der Waals surface area contributed by atoms with Crippen LogP contribution in [0.25, 0.3) is 0 Å². The Kier molecular flexibility index (Phi) is 4.39. The number of anilines is 1. The van der Waals surface area contributed by atoms with Crippen molar-refractivity contribution in [2.24, 2.45) is 0 Å². The first-order valence-electron chi connectivity index (χ1n) is 6.01. The van der Waals surface area contributed by atoms with Gasteiger partial charge in [0.25, 0.3) is 5.91 Å². The average molecular weight is 271 g/mol. The van der Waals surface area contributed by atoms with E-state index in [4.69, 9.17) is 14.8 Å². The molecule has 0 aliphatic rings. The molecule has 2 aromatic carbocycles. The van der Waals surface area contributed by atoms with Crippen molar-refractivity contribution in [3.05, 3.63) is 54.1 Å². The molecule has 0 bridgehead atoms. The molecule has 102 valence electrons. The van der Waals surface area contributed by atoms with Gasteiger partial charge in [0.1, 0.15) is 5.75 Å². The van der Waals surface area contributed by atoms with E-state index in [-0.39, 0.29) is 5.91 Å². The molecule has 2 aromatic rings. The normalized spacial score (nSPS) is 9.95. The summed E-state index contributed by atoms with van der Waals surface area (Å²) in [7, 11) is 0.0491. The number of nitrogens with one attached hydrogen (secondary N) is 1. The summed E-state index contributed by atoms with van der Waals surface area (Å²) in [6, 6.07) is 13.0. The molecule has 20 heavy (non-hydrogen) atoms. The summed E-state index contributed by atoms with van der Waals surface area (Å²) in [4.78, 5) is 12.0. The van der Waals surface area contributed by atoms with Gasteiger partial charge in [-0.15, -0.1) is 0 Å². The van der Waals surface area contributed by atoms with Gasteiger partial charge in [-0.25, -0.2) is 0 Å². The van der Waals surface area contributed by atoms with Crippen LogP contribution in [0.4, 0.5) is 5.69 Å². The highest BCUT2D eigenvalue weighted by atomic mass is 16.5. The zero-order valence-electron chi connectivity index (χ0n) is 10.9. The first kappa shape index (κ1) is 14.1. The highest BCUT2D eigenvalue weighted by Crippen LogP contribution is 2.13. The number of benzene rings is 2. The van der Waals surface area contributed by atoms with Crippen molar-refractivity contribution < 1.29 is 19.6 Å². The molecule has 0 radical (unpaired) electrons. The van der Waals surface area contributed by atoms with Gasteiger partial charge in [0.15, 0.2) is 0 Å². The van der Waals surface area contributed by atoms with Gasteiger partial charge >= 0.3 is 7.12 Å². The zero-order valence-corrected chi connectivity index (χ0v) is 10.9. The molecular formula is C14H14BNO4. The molecule has 0 aromatic heterocycles. The van der Waals surface area contributed by atoms with E-state index in [9.17, 15) is 4.79 Å². The van der Waals surface area contributed by atoms with Crippen LogP contribution in [0.15, 0.2) is 48.5 Å². The fourth-order valence-electron chi connectivity index (χ4n) is 1.68. The number of hydrogen-bond donors (Lipinski definition) is 3. The van der Waals surface area contributed by atoms with Crippen molar-refractivity contribution in [3.8, 4) is 5.75 Å². The fraction of sp³-hybridized carbons (Fsp3) is 0.0714. The Morgan fingerprint density at radius 1 is 1.05 bits per heavy atom. The quantitative estimate of drug-likeness (QED) is 0.712. The Balaban J connectivity index is 2.06. The van der Waals surface area contributed by atoms with Crippen molar-refractivity contribution >= 4 is 24.2 Å². The molecule has 0 fully saturated rings. The van der Waals surface area contributed by atoms with Crippen LogP contribution in [0.5, 0.6) is 5.75 Å². The van der Waals surface area contributed by atoms with E-state index in [0.29, 0.717) is 22.5 Å². The zero-order chi connectivity index (χ0) is 14.5. The van der Waals surface area contributed by atoms with E-state index in [0.717, 1.165) is 0 Å². The number of carbonyl (C=O) groups is 1. The van der Waals surface area contributed by atoms with Crippen molar-refractivity contribution in [2.75, 3.05) is 12.4 Å². The van der Waals surface area contributed by atoms with E-state index >= 15 is 0 Å². The minimum absolute atomic E-state index is 0.245. The van der Waals surface area contributed by atoms with Crippen LogP contribution in [0.2, 0.25) is 0 Å². The number of amides is 1. The maximum atomic E-state index is 12.0. The summed E-state index contributed by atoms with van der Waals surface area (Å²) < 4.78 is 5.02. The van der Waals surface area contributed by atoms with Gasteiger partial charge in [-0.05, 0) is 41.9 Å². The number of carbonyl (C=O) groups excluding carboxylic acids is 1. The van der Waals surface area contributed by atoms with Gasteiger partial charge in [-0.1, -0.05) is 12.1 Å². The van der Waals surface area contributed by atoms with Crippen LogP contribution in [0.3, 0.4) is 0 Å². The smallest absolute Gasteiger partial charge is 0.488 e. The van der Waals surface area contributed by atoms with Crippen molar-refractivity contribution in [1.29, 1.82) is 0 Å². The molecule has 0 saturated carbocycles. The Morgan fingerprint density at radius 2 is 1.65 bits per heavy atom. The molecule has 0 atom stereocenters. The summed E-state index contributed by atoms with van der Waals surface area (Å²) in [5, 5.41) is 20.7. The molecule has 0 saturated heterocycles. The summed E-state index contributed by atoms with van der Waals surface area (Å²) >= 11 is 0. The van der Waals surface area contributed by atoms with E-state index in [1.807, 2.05) is 0 Å². The number of rotatable bonds is 4. The fourth-order valence-corrected chi connectivity index (χ4v) is 1.68. The monoisotopic (exact) mass is 271 g/mol. The predicted molar refractivity (Wildman–Crippen MR) is 77.2 cm³/mol. The molecule has 6 heteroatoms. The standard InChI is InChI=1S/C14H14BNO4/c1-20-13-8-2-10(3-9-13)14(17)16-12-6-4-11(5-7-12)15(18)19/h2-9,18-19H,1H3,(H,16,17). The number of ether oxygens (including phenoxy) is 1. The Labute approximate surface area is 117 Å². The molecule has 0 spiro atoms. The van der Waals surface area contributed by atoms with E-state index < -0.39 is 7.12 Å².